The number of H-pyrrole nitrogens is 1. The monoisotopic (exact) mass is 772 g/mol. The summed E-state index contributed by atoms with van der Waals surface area (Å²) in [6.45, 7) is 0.244. The van der Waals surface area contributed by atoms with Crippen LogP contribution in [-0.4, -0.2) is 70.9 Å². The van der Waals surface area contributed by atoms with Gasteiger partial charge in [0.2, 0.25) is 17.7 Å². The normalized spacial score (nSPS) is 19.3. The molecule has 0 aliphatic carbocycles. The Bertz CT molecular complexity index is 1910. The summed E-state index contributed by atoms with van der Waals surface area (Å²) in [5, 5.41) is 9.74. The minimum absolute atomic E-state index is 0.0323. The van der Waals surface area contributed by atoms with E-state index in [1.807, 2.05) is 24.3 Å². The van der Waals surface area contributed by atoms with Crippen molar-refractivity contribution in [2.75, 3.05) is 20.1 Å². The van der Waals surface area contributed by atoms with Crippen molar-refractivity contribution >= 4 is 52.0 Å². The number of alkyl halides is 3. The number of amides is 3. The van der Waals surface area contributed by atoms with Crippen LogP contribution in [0.15, 0.2) is 70.7 Å². The largest absolute Gasteiger partial charge is 0.416 e. The average molecular weight is 773 g/mol. The van der Waals surface area contributed by atoms with Gasteiger partial charge in [0.1, 0.15) is 12.1 Å². The predicted molar refractivity (Wildman–Crippen MR) is 199 cm³/mol. The number of fused-ring (bicyclic) bond motifs is 3. The number of nitrogens with one attached hydrogen (secondary N) is 4. The first-order valence-corrected chi connectivity index (χ1v) is 18.7. The molecule has 3 heterocycles. The van der Waals surface area contributed by atoms with Crippen LogP contribution in [-0.2, 0) is 40.1 Å². The van der Waals surface area contributed by atoms with E-state index in [9.17, 15) is 27.6 Å². The molecule has 0 bridgehead atoms. The van der Waals surface area contributed by atoms with Gasteiger partial charge in [-0.2, -0.15) is 13.2 Å². The summed E-state index contributed by atoms with van der Waals surface area (Å²) in [6, 6.07) is 9.90. The molecule has 16 heteroatoms. The zero-order chi connectivity index (χ0) is 38.1. The third kappa shape index (κ3) is 9.89. The lowest BCUT2D eigenvalue weighted by molar-refractivity contribution is -0.142. The number of aromatic nitrogens is 2. The summed E-state index contributed by atoms with van der Waals surface area (Å²) in [5.41, 5.74) is 12.4. The molecule has 1 aliphatic heterocycles. The number of nitrogens with zero attached hydrogens (tertiary/aromatic N) is 2. The van der Waals surface area contributed by atoms with Gasteiger partial charge >= 0.3 is 6.18 Å². The number of likely N-dealkylation sites (N-methyl/N-ethyl adjacent to an activating group) is 1. The van der Waals surface area contributed by atoms with Crippen LogP contribution >= 0.6 is 23.4 Å². The van der Waals surface area contributed by atoms with Crippen LogP contribution in [0, 0.1) is 0 Å². The number of hydrogen-bond acceptors (Lipinski definition) is 8. The highest BCUT2D eigenvalue weighted by molar-refractivity contribution is 7.99. The number of halogens is 4. The SMILES string of the molecule is CN1C(=O)[C@H](CCCCN)NC(=O)[C@H](CCCN)NCc2ncccc2Sc2c(Cl)ccc(C(F)(F)F)c2CNC(=O)[C@@H]1Cc1c[nH]c2ccccc12. The molecule has 0 saturated heterocycles. The molecule has 2 aromatic carbocycles. The van der Waals surface area contributed by atoms with Gasteiger partial charge in [-0.05, 0) is 86.7 Å². The van der Waals surface area contributed by atoms with Crippen molar-refractivity contribution in [3.05, 3.63) is 88.3 Å². The number of nitrogens with two attached hydrogens (primary N) is 2. The first-order chi connectivity index (χ1) is 25.4. The second kappa shape index (κ2) is 18.3. The van der Waals surface area contributed by atoms with E-state index >= 15 is 0 Å². The Morgan fingerprint density at radius 3 is 2.45 bits per heavy atom. The molecular weight excluding hydrogens is 729 g/mol. The van der Waals surface area contributed by atoms with E-state index in [-0.39, 0.29) is 34.9 Å². The number of hydrogen-bond donors (Lipinski definition) is 6. The number of rotatable bonds is 9. The van der Waals surface area contributed by atoms with Crippen LogP contribution in [0.4, 0.5) is 13.2 Å². The fraction of sp³-hybridized carbons (Fsp3) is 0.405. The lowest BCUT2D eigenvalue weighted by atomic mass is 10.0. The molecule has 0 unspecified atom stereocenters. The highest BCUT2D eigenvalue weighted by Gasteiger charge is 2.37. The quantitative estimate of drug-likeness (QED) is 0.131. The van der Waals surface area contributed by atoms with E-state index in [1.54, 1.807) is 24.5 Å². The second-order valence-corrected chi connectivity index (χ2v) is 14.4. The van der Waals surface area contributed by atoms with Crippen LogP contribution in [0.2, 0.25) is 5.02 Å². The summed E-state index contributed by atoms with van der Waals surface area (Å²) in [5.74, 6) is -1.65. The first kappa shape index (κ1) is 40.0. The summed E-state index contributed by atoms with van der Waals surface area (Å²) in [6.07, 6.45) is 0.754. The van der Waals surface area contributed by atoms with Gasteiger partial charge in [-0.3, -0.25) is 19.4 Å². The smallest absolute Gasteiger partial charge is 0.361 e. The maximum absolute atomic E-state index is 14.6. The zero-order valence-corrected chi connectivity index (χ0v) is 30.8. The number of pyridine rings is 1. The summed E-state index contributed by atoms with van der Waals surface area (Å²) in [7, 11) is 1.46. The third-order valence-corrected chi connectivity index (χ3v) is 11.0. The van der Waals surface area contributed by atoms with Gasteiger partial charge < -0.3 is 37.3 Å². The molecule has 3 amide bonds. The molecule has 0 saturated carbocycles. The van der Waals surface area contributed by atoms with Crippen molar-refractivity contribution in [2.45, 2.75) is 85.7 Å². The maximum Gasteiger partial charge on any atom is 0.416 e. The molecule has 4 aromatic rings. The minimum atomic E-state index is -4.77. The molecule has 53 heavy (non-hydrogen) atoms. The highest BCUT2D eigenvalue weighted by Crippen LogP contribution is 2.43. The maximum atomic E-state index is 14.6. The molecule has 0 radical (unpaired) electrons. The third-order valence-electron chi connectivity index (χ3n) is 9.31. The first-order valence-electron chi connectivity index (χ1n) is 17.5. The molecule has 1 aliphatic rings. The Balaban J connectivity index is 1.63. The molecule has 0 fully saturated rings. The number of para-hydroxylation sites is 1. The lowest BCUT2D eigenvalue weighted by Crippen LogP contribution is -2.57. The Morgan fingerprint density at radius 2 is 1.70 bits per heavy atom. The number of unbranched alkanes of at least 4 members (excludes halogenated alkanes) is 1. The molecule has 0 spiro atoms. The number of benzene rings is 2. The van der Waals surface area contributed by atoms with Gasteiger partial charge in [0, 0.05) is 59.6 Å². The minimum Gasteiger partial charge on any atom is -0.361 e. The van der Waals surface area contributed by atoms with Crippen molar-refractivity contribution in [3.63, 3.8) is 0 Å². The second-order valence-electron chi connectivity index (χ2n) is 12.9. The Labute approximate surface area is 315 Å². The van der Waals surface area contributed by atoms with Crippen LogP contribution in [0.5, 0.6) is 0 Å². The summed E-state index contributed by atoms with van der Waals surface area (Å²) >= 11 is 7.60. The molecule has 5 rings (SSSR count). The van der Waals surface area contributed by atoms with Gasteiger partial charge in [-0.25, -0.2) is 0 Å². The van der Waals surface area contributed by atoms with Gasteiger partial charge in [0.15, 0.2) is 0 Å². The van der Waals surface area contributed by atoms with Gasteiger partial charge in [0.05, 0.1) is 22.3 Å². The Kier molecular flexibility index (Phi) is 13.8. The van der Waals surface area contributed by atoms with Crippen LogP contribution in [0.1, 0.15) is 54.5 Å². The van der Waals surface area contributed by atoms with Gasteiger partial charge in [-0.15, -0.1) is 0 Å². The molecule has 3 atom stereocenters. The van der Waals surface area contributed by atoms with Crippen LogP contribution in [0.3, 0.4) is 0 Å². The van der Waals surface area contributed by atoms with E-state index in [0.29, 0.717) is 49.4 Å². The number of carbonyl (C=O) groups excluding carboxylic acids is 3. The van der Waals surface area contributed by atoms with Crippen molar-refractivity contribution < 1.29 is 27.6 Å². The van der Waals surface area contributed by atoms with E-state index in [1.165, 1.54) is 18.0 Å². The topological polar surface area (TPSA) is 171 Å². The van der Waals surface area contributed by atoms with E-state index in [4.69, 9.17) is 23.1 Å². The molecular formula is C37H44ClF3N8O3S. The molecule has 284 valence electrons. The summed E-state index contributed by atoms with van der Waals surface area (Å²) < 4.78 is 43.7. The van der Waals surface area contributed by atoms with Crippen molar-refractivity contribution in [3.8, 4) is 0 Å². The van der Waals surface area contributed by atoms with E-state index in [2.05, 4.69) is 25.9 Å². The number of carbonyl (C=O) groups is 3. The number of aromatic amines is 1. The molecule has 8 N–H and O–H groups in total. The van der Waals surface area contributed by atoms with Gasteiger partial charge in [-0.1, -0.05) is 41.6 Å². The van der Waals surface area contributed by atoms with Crippen molar-refractivity contribution in [1.82, 2.24) is 30.8 Å². The highest BCUT2D eigenvalue weighted by atomic mass is 35.5. The zero-order valence-electron chi connectivity index (χ0n) is 29.3. The van der Waals surface area contributed by atoms with Crippen molar-refractivity contribution in [2.24, 2.45) is 11.5 Å². The van der Waals surface area contributed by atoms with Crippen molar-refractivity contribution in [1.29, 1.82) is 0 Å². The Hall–Kier alpha value is -4.15. The van der Waals surface area contributed by atoms with E-state index < -0.39 is 54.1 Å². The Morgan fingerprint density at radius 1 is 0.943 bits per heavy atom. The predicted octanol–water partition coefficient (Wildman–Crippen LogP) is 4.90. The van der Waals surface area contributed by atoms with Crippen LogP contribution < -0.4 is 27.4 Å². The molecule has 2 aromatic heterocycles. The van der Waals surface area contributed by atoms with Gasteiger partial charge in [0.25, 0.3) is 0 Å². The van der Waals surface area contributed by atoms with E-state index in [0.717, 1.165) is 34.3 Å². The lowest BCUT2D eigenvalue weighted by Gasteiger charge is -2.32. The summed E-state index contributed by atoms with van der Waals surface area (Å²) in [4.78, 5) is 52.1. The fourth-order valence-corrected chi connectivity index (χ4v) is 7.78. The average Bonchev–Trinajstić information content (AvgIpc) is 3.55. The standard InChI is InChI=1S/C37H44ClF3N8O3S/c1-49-31(18-22-19-45-27-9-3-2-8-23(22)27)35(51)47-20-24-25(37(39,40)41)13-14-26(38)33(24)53-32-12-7-17-44-30(32)21-46-28(11-6-16-43)34(50)48-29(36(49)52)10-4-5-15-42/h2-3,7-9,12-14,17,19,28-29,31,45-46H,4-6,10-11,15-16,18,20-21,42-43H2,1H3,(H,47,51)(H,48,50)/t28-,29-,31-/m0/s1. The van der Waals surface area contributed by atoms with Crippen LogP contribution in [0.25, 0.3) is 10.9 Å². The molecule has 11 nitrogen and oxygen atoms in total. The fourth-order valence-electron chi connectivity index (χ4n) is 6.41.